The lowest BCUT2D eigenvalue weighted by atomic mass is 10.1. The van der Waals surface area contributed by atoms with E-state index < -0.39 is 0 Å². The summed E-state index contributed by atoms with van der Waals surface area (Å²) in [6.45, 7) is 2.56. The molecule has 0 aromatic heterocycles. The Labute approximate surface area is 101 Å². The molecule has 92 valence electrons. The number of methoxy groups -OCH3 is 1. The fourth-order valence-corrected chi connectivity index (χ4v) is 1.59. The van der Waals surface area contributed by atoms with Crippen LogP contribution in [0.1, 0.15) is 13.3 Å². The molecule has 0 aliphatic rings. The maximum Gasteiger partial charge on any atom is 0.167 e. The van der Waals surface area contributed by atoms with Gasteiger partial charge in [0.1, 0.15) is 0 Å². The Kier molecular flexibility index (Phi) is 4.77. The van der Waals surface area contributed by atoms with E-state index in [2.05, 4.69) is 6.07 Å². The molecule has 0 saturated heterocycles. The van der Waals surface area contributed by atoms with Crippen LogP contribution in [0.4, 0.5) is 10.1 Å². The van der Waals surface area contributed by atoms with Crippen molar-refractivity contribution >= 4 is 5.69 Å². The third-order valence-corrected chi connectivity index (χ3v) is 2.75. The molecular formula is C13H17FN2O. The van der Waals surface area contributed by atoms with E-state index in [4.69, 9.17) is 10.00 Å². The molecule has 0 radical (unpaired) electrons. The molecule has 0 spiro atoms. The first-order valence-electron chi connectivity index (χ1n) is 5.56. The van der Waals surface area contributed by atoms with Crippen LogP contribution in [0.15, 0.2) is 18.2 Å². The monoisotopic (exact) mass is 236 g/mol. The largest absolute Gasteiger partial charge is 0.494 e. The second-order valence-corrected chi connectivity index (χ2v) is 3.93. The summed E-state index contributed by atoms with van der Waals surface area (Å²) in [5, 5.41) is 8.89. The fraction of sp³-hybridized carbons (Fsp3) is 0.462. The Morgan fingerprint density at radius 2 is 2.24 bits per heavy atom. The first kappa shape index (κ1) is 13.3. The number of nitrogens with zero attached hydrogens (tertiary/aromatic N) is 2. The van der Waals surface area contributed by atoms with Crippen molar-refractivity contribution in [3.8, 4) is 11.8 Å². The van der Waals surface area contributed by atoms with Crippen LogP contribution in [0.2, 0.25) is 0 Å². The van der Waals surface area contributed by atoms with Crippen LogP contribution in [0.5, 0.6) is 5.75 Å². The highest BCUT2D eigenvalue weighted by Crippen LogP contribution is 2.23. The van der Waals surface area contributed by atoms with Gasteiger partial charge >= 0.3 is 0 Å². The van der Waals surface area contributed by atoms with Crippen molar-refractivity contribution in [1.29, 1.82) is 5.26 Å². The standard InChI is InChI=1S/C13H17FN2O/c1-4-10(8-15)9-16(2)11-5-6-13(17-3)12(14)7-11/h5-7,10H,4,9H2,1-3H3. The number of anilines is 1. The maximum atomic E-state index is 13.5. The molecule has 0 N–H and O–H groups in total. The average molecular weight is 236 g/mol. The van der Waals surface area contributed by atoms with Crippen LogP contribution in [0, 0.1) is 23.1 Å². The molecule has 17 heavy (non-hydrogen) atoms. The van der Waals surface area contributed by atoms with E-state index in [-0.39, 0.29) is 17.5 Å². The minimum Gasteiger partial charge on any atom is -0.494 e. The number of halogens is 1. The summed E-state index contributed by atoms with van der Waals surface area (Å²) in [5.41, 5.74) is 0.747. The van der Waals surface area contributed by atoms with Crippen molar-refractivity contribution in [2.75, 3.05) is 25.6 Å². The first-order valence-corrected chi connectivity index (χ1v) is 5.56. The Hall–Kier alpha value is -1.76. The van der Waals surface area contributed by atoms with Crippen LogP contribution >= 0.6 is 0 Å². The van der Waals surface area contributed by atoms with E-state index in [0.717, 1.165) is 12.1 Å². The summed E-state index contributed by atoms with van der Waals surface area (Å²) in [6, 6.07) is 7.02. The van der Waals surface area contributed by atoms with Gasteiger partial charge in [-0.2, -0.15) is 5.26 Å². The molecule has 1 aromatic carbocycles. The van der Waals surface area contributed by atoms with Gasteiger partial charge in [-0.15, -0.1) is 0 Å². The number of hydrogen-bond acceptors (Lipinski definition) is 3. The lowest BCUT2D eigenvalue weighted by Crippen LogP contribution is -2.24. The minimum atomic E-state index is -0.387. The predicted octanol–water partition coefficient (Wildman–Crippen LogP) is 2.82. The molecule has 0 amide bonds. The molecule has 4 heteroatoms. The Bertz CT molecular complexity index is 414. The minimum absolute atomic E-state index is 0.0369. The molecular weight excluding hydrogens is 219 g/mol. The van der Waals surface area contributed by atoms with E-state index in [0.29, 0.717) is 6.54 Å². The van der Waals surface area contributed by atoms with E-state index in [1.54, 1.807) is 12.1 Å². The van der Waals surface area contributed by atoms with Crippen LogP contribution < -0.4 is 9.64 Å². The number of benzene rings is 1. The van der Waals surface area contributed by atoms with Gasteiger partial charge in [0.05, 0.1) is 19.1 Å². The molecule has 1 rings (SSSR count). The van der Waals surface area contributed by atoms with E-state index in [9.17, 15) is 4.39 Å². The van der Waals surface area contributed by atoms with Crippen molar-refractivity contribution in [3.63, 3.8) is 0 Å². The summed E-state index contributed by atoms with van der Waals surface area (Å²) in [7, 11) is 3.28. The molecule has 1 atom stereocenters. The molecule has 1 aromatic rings. The van der Waals surface area contributed by atoms with Gasteiger partial charge in [0.2, 0.25) is 0 Å². The molecule has 0 saturated carbocycles. The second kappa shape index (κ2) is 6.09. The number of ether oxygens (including phenoxy) is 1. The van der Waals surface area contributed by atoms with Gasteiger partial charge in [-0.3, -0.25) is 0 Å². The molecule has 0 heterocycles. The first-order chi connectivity index (χ1) is 8.12. The summed E-state index contributed by atoms with van der Waals surface area (Å²) in [5.74, 6) is -0.193. The SMILES string of the molecule is CCC(C#N)CN(C)c1ccc(OC)c(F)c1. The topological polar surface area (TPSA) is 36.3 Å². The zero-order valence-corrected chi connectivity index (χ0v) is 10.4. The van der Waals surface area contributed by atoms with Gasteiger partial charge in [-0.1, -0.05) is 6.92 Å². The van der Waals surface area contributed by atoms with Crippen LogP contribution in [-0.4, -0.2) is 20.7 Å². The lowest BCUT2D eigenvalue weighted by molar-refractivity contribution is 0.386. The summed E-state index contributed by atoms with van der Waals surface area (Å²) >= 11 is 0. The van der Waals surface area contributed by atoms with Crippen molar-refractivity contribution < 1.29 is 9.13 Å². The smallest absolute Gasteiger partial charge is 0.167 e. The molecule has 0 bridgehead atoms. The van der Waals surface area contributed by atoms with Gasteiger partial charge < -0.3 is 9.64 Å². The zero-order chi connectivity index (χ0) is 12.8. The highest BCUT2D eigenvalue weighted by atomic mass is 19.1. The zero-order valence-electron chi connectivity index (χ0n) is 10.4. The Balaban J connectivity index is 2.79. The Morgan fingerprint density at radius 3 is 2.71 bits per heavy atom. The third kappa shape index (κ3) is 3.35. The van der Waals surface area contributed by atoms with E-state index >= 15 is 0 Å². The van der Waals surface area contributed by atoms with E-state index in [1.165, 1.54) is 13.2 Å². The fourth-order valence-electron chi connectivity index (χ4n) is 1.59. The third-order valence-electron chi connectivity index (χ3n) is 2.75. The van der Waals surface area contributed by atoms with Gasteiger partial charge in [0.15, 0.2) is 11.6 Å². The van der Waals surface area contributed by atoms with Crippen LogP contribution in [-0.2, 0) is 0 Å². The van der Waals surface area contributed by atoms with Gasteiger partial charge in [0, 0.05) is 25.3 Å². The van der Waals surface area contributed by atoms with Gasteiger partial charge in [0.25, 0.3) is 0 Å². The van der Waals surface area contributed by atoms with Gasteiger partial charge in [-0.05, 0) is 18.6 Å². The number of hydrogen-bond donors (Lipinski definition) is 0. The van der Waals surface area contributed by atoms with Crippen LogP contribution in [0.25, 0.3) is 0 Å². The quantitative estimate of drug-likeness (QED) is 0.788. The molecule has 0 aliphatic carbocycles. The summed E-state index contributed by atoms with van der Waals surface area (Å²) < 4.78 is 18.4. The summed E-state index contributed by atoms with van der Waals surface area (Å²) in [4.78, 5) is 1.87. The van der Waals surface area contributed by atoms with Crippen molar-refractivity contribution in [2.45, 2.75) is 13.3 Å². The Morgan fingerprint density at radius 1 is 1.53 bits per heavy atom. The highest BCUT2D eigenvalue weighted by Gasteiger charge is 2.11. The lowest BCUT2D eigenvalue weighted by Gasteiger charge is -2.21. The van der Waals surface area contributed by atoms with Crippen molar-refractivity contribution in [2.24, 2.45) is 5.92 Å². The van der Waals surface area contributed by atoms with Crippen molar-refractivity contribution in [3.05, 3.63) is 24.0 Å². The summed E-state index contributed by atoms with van der Waals surface area (Å²) in [6.07, 6.45) is 0.791. The normalized spacial score (nSPS) is 11.7. The highest BCUT2D eigenvalue weighted by molar-refractivity contribution is 5.49. The van der Waals surface area contributed by atoms with E-state index in [1.807, 2.05) is 18.9 Å². The average Bonchev–Trinajstić information content (AvgIpc) is 2.35. The maximum absolute atomic E-state index is 13.5. The molecule has 0 fully saturated rings. The van der Waals surface area contributed by atoms with Crippen molar-refractivity contribution in [1.82, 2.24) is 0 Å². The van der Waals surface area contributed by atoms with Crippen LogP contribution in [0.3, 0.4) is 0 Å². The molecule has 0 aliphatic heterocycles. The number of rotatable bonds is 5. The van der Waals surface area contributed by atoms with Gasteiger partial charge in [-0.25, -0.2) is 4.39 Å². The predicted molar refractivity (Wildman–Crippen MR) is 65.6 cm³/mol. The second-order valence-electron chi connectivity index (χ2n) is 3.93. The molecule has 1 unspecified atom stereocenters. The molecule has 3 nitrogen and oxygen atoms in total. The number of nitriles is 1.